The van der Waals surface area contributed by atoms with Gasteiger partial charge in [-0.3, -0.25) is 0 Å². The fourth-order valence-corrected chi connectivity index (χ4v) is 3.08. The van der Waals surface area contributed by atoms with Crippen molar-refractivity contribution in [1.82, 2.24) is 19.8 Å². The van der Waals surface area contributed by atoms with Crippen LogP contribution in [0.15, 0.2) is 0 Å². The molecule has 0 radical (unpaired) electrons. The smallest absolute Gasteiger partial charge is 0.323 e. The van der Waals surface area contributed by atoms with Crippen LogP contribution < -0.4 is 5.32 Å². The number of aromatic nitrogens is 2. The minimum atomic E-state index is -4.37. The summed E-state index contributed by atoms with van der Waals surface area (Å²) in [5.41, 5.74) is 1.32. The van der Waals surface area contributed by atoms with E-state index in [-0.39, 0.29) is 0 Å². The number of nitrogens with one attached hydrogen (secondary N) is 1. The van der Waals surface area contributed by atoms with Gasteiger partial charge in [0.15, 0.2) is 0 Å². The zero-order chi connectivity index (χ0) is 14.2. The molecule has 112 valence electrons. The second kappa shape index (κ2) is 5.37. The van der Waals surface area contributed by atoms with Crippen LogP contribution in [0.1, 0.15) is 30.1 Å². The number of hydrogen-bond donors (Lipinski definition) is 1. The molecule has 1 saturated heterocycles. The lowest BCUT2D eigenvalue weighted by atomic mass is 10.2. The van der Waals surface area contributed by atoms with Crippen molar-refractivity contribution in [3.63, 3.8) is 0 Å². The van der Waals surface area contributed by atoms with E-state index in [4.69, 9.17) is 0 Å². The number of fused-ring (bicyclic) bond motifs is 1. The Balaban J connectivity index is 1.84. The van der Waals surface area contributed by atoms with Crippen LogP contribution >= 0.6 is 0 Å². The fourth-order valence-electron chi connectivity index (χ4n) is 3.08. The third-order valence-corrected chi connectivity index (χ3v) is 4.08. The monoisotopic (exact) mass is 288 g/mol. The lowest BCUT2D eigenvalue weighted by Crippen LogP contribution is -2.29. The molecular weight excluding hydrogens is 269 g/mol. The minimum Gasteiger partial charge on any atom is -0.323 e. The Morgan fingerprint density at radius 2 is 1.90 bits per heavy atom. The van der Waals surface area contributed by atoms with E-state index in [0.717, 1.165) is 38.2 Å². The van der Waals surface area contributed by atoms with Crippen LogP contribution in [-0.4, -0.2) is 40.6 Å². The largest absolute Gasteiger partial charge is 0.449 e. The first-order chi connectivity index (χ1) is 9.55. The van der Waals surface area contributed by atoms with Crippen LogP contribution in [0.2, 0.25) is 0 Å². The molecule has 1 fully saturated rings. The van der Waals surface area contributed by atoms with E-state index < -0.39 is 12.0 Å². The number of hydrogen-bond acceptors (Lipinski definition) is 3. The number of alkyl halides is 3. The first kappa shape index (κ1) is 13.9. The Morgan fingerprint density at radius 3 is 2.60 bits per heavy atom. The third-order valence-electron chi connectivity index (χ3n) is 4.08. The highest BCUT2D eigenvalue weighted by Gasteiger charge is 2.39. The van der Waals surface area contributed by atoms with E-state index in [1.807, 2.05) is 0 Å². The summed E-state index contributed by atoms with van der Waals surface area (Å²) in [5, 5.41) is 3.08. The van der Waals surface area contributed by atoms with E-state index in [2.05, 4.69) is 15.2 Å². The summed E-state index contributed by atoms with van der Waals surface area (Å²) in [6, 6.07) is 0. The van der Waals surface area contributed by atoms with Gasteiger partial charge in [0.1, 0.15) is 0 Å². The molecule has 2 aliphatic rings. The molecule has 20 heavy (non-hydrogen) atoms. The predicted molar refractivity (Wildman–Crippen MR) is 68.3 cm³/mol. The van der Waals surface area contributed by atoms with Gasteiger partial charge >= 0.3 is 6.18 Å². The zero-order valence-corrected chi connectivity index (χ0v) is 11.3. The normalized spacial score (nSPS) is 20.4. The molecule has 0 unspecified atom stereocenters. The molecule has 7 heteroatoms. The van der Waals surface area contributed by atoms with Crippen molar-refractivity contribution in [1.29, 1.82) is 0 Å². The van der Waals surface area contributed by atoms with Gasteiger partial charge in [0, 0.05) is 38.3 Å². The number of likely N-dealkylation sites (tertiary alicyclic amines) is 1. The van der Waals surface area contributed by atoms with Crippen molar-refractivity contribution in [2.45, 2.75) is 38.5 Å². The number of nitrogens with zero attached hydrogens (tertiary/aromatic N) is 3. The minimum absolute atomic E-state index is 0.386. The number of rotatable bonds is 3. The zero-order valence-electron chi connectivity index (χ0n) is 11.3. The second-order valence-corrected chi connectivity index (χ2v) is 5.45. The second-order valence-electron chi connectivity index (χ2n) is 5.45. The van der Waals surface area contributed by atoms with Gasteiger partial charge in [-0.2, -0.15) is 13.2 Å². The van der Waals surface area contributed by atoms with Crippen molar-refractivity contribution in [2.75, 3.05) is 26.2 Å². The molecule has 3 heterocycles. The predicted octanol–water partition coefficient (Wildman–Crippen LogP) is 1.64. The van der Waals surface area contributed by atoms with Gasteiger partial charge in [0.05, 0.1) is 5.69 Å². The SMILES string of the molecule is FC(F)(F)c1nc2c(n1CCN1CCCC1)CCNC2. The summed E-state index contributed by atoms with van der Waals surface area (Å²) in [5.74, 6) is -0.731. The van der Waals surface area contributed by atoms with Crippen molar-refractivity contribution >= 4 is 0 Å². The van der Waals surface area contributed by atoms with Gasteiger partial charge in [-0.15, -0.1) is 0 Å². The Morgan fingerprint density at radius 1 is 1.15 bits per heavy atom. The van der Waals surface area contributed by atoms with E-state index >= 15 is 0 Å². The highest BCUT2D eigenvalue weighted by atomic mass is 19.4. The van der Waals surface area contributed by atoms with Crippen LogP contribution in [0.5, 0.6) is 0 Å². The highest BCUT2D eigenvalue weighted by molar-refractivity contribution is 5.21. The molecule has 0 aromatic carbocycles. The van der Waals surface area contributed by atoms with Crippen LogP contribution in [0, 0.1) is 0 Å². The summed E-state index contributed by atoms with van der Waals surface area (Å²) < 4.78 is 40.8. The van der Waals surface area contributed by atoms with E-state index in [9.17, 15) is 13.2 Å². The summed E-state index contributed by atoms with van der Waals surface area (Å²) in [6.07, 6.45) is -1.45. The Kier molecular flexibility index (Phi) is 3.72. The molecule has 4 nitrogen and oxygen atoms in total. The van der Waals surface area contributed by atoms with Crippen molar-refractivity contribution < 1.29 is 13.2 Å². The summed E-state index contributed by atoms with van der Waals surface area (Å²) in [4.78, 5) is 6.05. The van der Waals surface area contributed by atoms with Crippen molar-refractivity contribution in [2.24, 2.45) is 0 Å². The van der Waals surface area contributed by atoms with Crippen LogP contribution in [0.3, 0.4) is 0 Å². The first-order valence-electron chi connectivity index (χ1n) is 7.14. The summed E-state index contributed by atoms with van der Waals surface area (Å²) in [6.45, 7) is 4.23. The molecule has 1 aromatic rings. The van der Waals surface area contributed by atoms with Crippen molar-refractivity contribution in [3.8, 4) is 0 Å². The molecule has 1 aromatic heterocycles. The third kappa shape index (κ3) is 2.69. The molecule has 3 rings (SSSR count). The quantitative estimate of drug-likeness (QED) is 0.918. The molecule has 0 bridgehead atoms. The van der Waals surface area contributed by atoms with Gasteiger partial charge in [-0.05, 0) is 25.9 Å². The Labute approximate surface area is 116 Å². The lowest BCUT2D eigenvalue weighted by molar-refractivity contribution is -0.147. The molecule has 1 N–H and O–H groups in total. The van der Waals surface area contributed by atoms with Gasteiger partial charge in [-0.25, -0.2) is 4.98 Å². The standard InChI is InChI=1S/C13H19F3N4/c14-13(15,16)12-18-10-9-17-4-3-11(10)20(12)8-7-19-5-1-2-6-19/h17H,1-9H2. The number of imidazole rings is 1. The Bertz CT molecular complexity index is 475. The summed E-state index contributed by atoms with van der Waals surface area (Å²) >= 11 is 0. The van der Waals surface area contributed by atoms with E-state index in [1.165, 1.54) is 4.57 Å². The van der Waals surface area contributed by atoms with Gasteiger partial charge in [0.2, 0.25) is 5.82 Å². The highest BCUT2D eigenvalue weighted by Crippen LogP contribution is 2.31. The van der Waals surface area contributed by atoms with Crippen LogP contribution in [-0.2, 0) is 25.7 Å². The van der Waals surface area contributed by atoms with Gasteiger partial charge in [0.25, 0.3) is 0 Å². The molecular formula is C13H19F3N4. The maximum atomic E-state index is 13.1. The summed E-state index contributed by atoms with van der Waals surface area (Å²) in [7, 11) is 0. The molecule has 0 aliphatic carbocycles. The maximum absolute atomic E-state index is 13.1. The maximum Gasteiger partial charge on any atom is 0.449 e. The van der Waals surface area contributed by atoms with E-state index in [1.54, 1.807) is 0 Å². The molecule has 0 atom stereocenters. The first-order valence-corrected chi connectivity index (χ1v) is 7.14. The average molecular weight is 288 g/mol. The molecule has 0 amide bonds. The number of halogens is 3. The van der Waals surface area contributed by atoms with Crippen LogP contribution in [0.25, 0.3) is 0 Å². The van der Waals surface area contributed by atoms with E-state index in [0.29, 0.717) is 31.7 Å². The van der Waals surface area contributed by atoms with Gasteiger partial charge < -0.3 is 14.8 Å². The fraction of sp³-hybridized carbons (Fsp3) is 0.769. The molecule has 0 saturated carbocycles. The van der Waals surface area contributed by atoms with Crippen LogP contribution in [0.4, 0.5) is 13.2 Å². The van der Waals surface area contributed by atoms with Crippen molar-refractivity contribution in [3.05, 3.63) is 17.2 Å². The molecule has 0 spiro atoms. The van der Waals surface area contributed by atoms with Gasteiger partial charge in [-0.1, -0.05) is 0 Å². The lowest BCUT2D eigenvalue weighted by Gasteiger charge is -2.20. The Hall–Kier alpha value is -1.08. The average Bonchev–Trinajstić information content (AvgIpc) is 3.03. The molecule has 2 aliphatic heterocycles. The topological polar surface area (TPSA) is 33.1 Å².